The Morgan fingerprint density at radius 2 is 2.22 bits per heavy atom. The molecule has 1 heterocycles. The molecule has 1 aliphatic heterocycles. The van der Waals surface area contributed by atoms with E-state index in [9.17, 15) is 4.79 Å². The molecule has 0 radical (unpaired) electrons. The zero-order valence-corrected chi connectivity index (χ0v) is 10.4. The number of fused-ring (bicyclic) bond motifs is 1. The predicted octanol–water partition coefficient (Wildman–Crippen LogP) is 1.96. The van der Waals surface area contributed by atoms with Crippen molar-refractivity contribution >= 4 is 11.6 Å². The quantitative estimate of drug-likeness (QED) is 0.649. The Morgan fingerprint density at radius 1 is 1.39 bits per heavy atom. The first-order chi connectivity index (χ1) is 8.72. The highest BCUT2D eigenvalue weighted by atomic mass is 16.2. The Morgan fingerprint density at radius 3 is 3.00 bits per heavy atom. The van der Waals surface area contributed by atoms with Crippen LogP contribution in [0, 0.1) is 11.3 Å². The number of benzene rings is 1. The predicted molar refractivity (Wildman–Crippen MR) is 69.9 cm³/mol. The molecule has 94 valence electrons. The van der Waals surface area contributed by atoms with Crippen LogP contribution in [-0.2, 0) is 6.42 Å². The van der Waals surface area contributed by atoms with Gasteiger partial charge in [-0.05, 0) is 37.0 Å². The summed E-state index contributed by atoms with van der Waals surface area (Å²) in [6.07, 6.45) is 3.19. The fourth-order valence-electron chi connectivity index (χ4n) is 2.26. The molecule has 0 saturated heterocycles. The molecule has 4 nitrogen and oxygen atoms in total. The number of amides is 1. The van der Waals surface area contributed by atoms with Crippen LogP contribution in [0.3, 0.4) is 0 Å². The summed E-state index contributed by atoms with van der Waals surface area (Å²) in [7, 11) is 0. The van der Waals surface area contributed by atoms with Crippen molar-refractivity contribution in [1.82, 2.24) is 4.90 Å². The third-order valence-corrected chi connectivity index (χ3v) is 3.27. The van der Waals surface area contributed by atoms with Crippen molar-refractivity contribution in [3.63, 3.8) is 0 Å². The number of rotatable bonds is 4. The summed E-state index contributed by atoms with van der Waals surface area (Å²) < 4.78 is 0. The Kier molecular flexibility index (Phi) is 3.83. The highest BCUT2D eigenvalue weighted by molar-refractivity contribution is 5.97. The molecule has 0 fully saturated rings. The fraction of sp³-hybridized carbons (Fsp3) is 0.429. The summed E-state index contributed by atoms with van der Waals surface area (Å²) in [5.74, 6) is 0.0699. The smallest absolute Gasteiger partial charge is 0.254 e. The molecule has 1 aliphatic rings. The molecule has 0 saturated carbocycles. The minimum absolute atomic E-state index is 0.0699. The van der Waals surface area contributed by atoms with Gasteiger partial charge in [-0.2, -0.15) is 5.26 Å². The molecule has 0 unspecified atom stereocenters. The number of nitrogens with two attached hydrogens (primary N) is 1. The van der Waals surface area contributed by atoms with E-state index in [1.165, 1.54) is 0 Å². The van der Waals surface area contributed by atoms with E-state index in [4.69, 9.17) is 11.0 Å². The number of unbranched alkanes of at least 4 members (excludes halogenated alkanes) is 2. The molecule has 2 rings (SSSR count). The Labute approximate surface area is 107 Å². The van der Waals surface area contributed by atoms with Crippen molar-refractivity contribution < 1.29 is 4.79 Å². The van der Waals surface area contributed by atoms with Crippen molar-refractivity contribution in [2.24, 2.45) is 0 Å². The normalized spacial score (nSPS) is 14.2. The average molecular weight is 243 g/mol. The third-order valence-electron chi connectivity index (χ3n) is 3.27. The summed E-state index contributed by atoms with van der Waals surface area (Å²) in [5, 5.41) is 8.47. The van der Waals surface area contributed by atoms with Gasteiger partial charge >= 0.3 is 0 Å². The third kappa shape index (κ3) is 2.62. The van der Waals surface area contributed by atoms with Gasteiger partial charge in [0.1, 0.15) is 0 Å². The molecule has 0 aliphatic carbocycles. The molecule has 0 bridgehead atoms. The second-order valence-corrected chi connectivity index (χ2v) is 4.57. The first kappa shape index (κ1) is 12.4. The summed E-state index contributed by atoms with van der Waals surface area (Å²) in [6, 6.07) is 7.66. The van der Waals surface area contributed by atoms with E-state index < -0.39 is 0 Å². The van der Waals surface area contributed by atoms with Gasteiger partial charge in [0, 0.05) is 30.8 Å². The molecule has 4 heteroatoms. The van der Waals surface area contributed by atoms with Gasteiger partial charge in [0.05, 0.1) is 6.07 Å². The highest BCUT2D eigenvalue weighted by Crippen LogP contribution is 2.21. The van der Waals surface area contributed by atoms with Gasteiger partial charge in [-0.3, -0.25) is 4.79 Å². The first-order valence-corrected chi connectivity index (χ1v) is 6.27. The van der Waals surface area contributed by atoms with Gasteiger partial charge in [-0.25, -0.2) is 0 Å². The number of nitrogen functional groups attached to an aromatic ring is 1. The van der Waals surface area contributed by atoms with Crippen molar-refractivity contribution in [3.8, 4) is 6.07 Å². The molecule has 1 aromatic carbocycles. The summed E-state index contributed by atoms with van der Waals surface area (Å²) in [5.41, 5.74) is 8.18. The Hall–Kier alpha value is -2.02. The van der Waals surface area contributed by atoms with Gasteiger partial charge in [0.15, 0.2) is 0 Å². The largest absolute Gasteiger partial charge is 0.399 e. The van der Waals surface area contributed by atoms with Gasteiger partial charge in [0.2, 0.25) is 0 Å². The molecule has 1 amide bonds. The second kappa shape index (κ2) is 5.54. The fourth-order valence-corrected chi connectivity index (χ4v) is 2.26. The van der Waals surface area contributed by atoms with Crippen molar-refractivity contribution in [2.75, 3.05) is 18.8 Å². The van der Waals surface area contributed by atoms with E-state index in [-0.39, 0.29) is 5.91 Å². The van der Waals surface area contributed by atoms with Crippen LogP contribution < -0.4 is 5.73 Å². The van der Waals surface area contributed by atoms with Crippen LogP contribution in [0.25, 0.3) is 0 Å². The van der Waals surface area contributed by atoms with Crippen LogP contribution in [-0.4, -0.2) is 23.9 Å². The average Bonchev–Trinajstić information content (AvgIpc) is 2.38. The lowest BCUT2D eigenvalue weighted by Crippen LogP contribution is -2.38. The molecular weight excluding hydrogens is 226 g/mol. The van der Waals surface area contributed by atoms with Crippen molar-refractivity contribution in [1.29, 1.82) is 5.26 Å². The summed E-state index contributed by atoms with van der Waals surface area (Å²) in [6.45, 7) is 1.50. The van der Waals surface area contributed by atoms with E-state index in [1.54, 1.807) is 6.07 Å². The zero-order chi connectivity index (χ0) is 13.0. The van der Waals surface area contributed by atoms with E-state index in [0.29, 0.717) is 12.1 Å². The van der Waals surface area contributed by atoms with Crippen molar-refractivity contribution in [3.05, 3.63) is 29.3 Å². The monoisotopic (exact) mass is 243 g/mol. The number of carbonyl (C=O) groups is 1. The van der Waals surface area contributed by atoms with Crippen LogP contribution >= 0.6 is 0 Å². The SMILES string of the molecule is N#CCCCCN1CCc2ccc(N)cc2C1=O. The standard InChI is InChI=1S/C14H17N3O/c15-7-2-1-3-8-17-9-6-11-4-5-12(16)10-13(11)14(17)18/h4-5,10H,1-3,6,8-9,16H2. The van der Waals surface area contributed by atoms with Gasteiger partial charge < -0.3 is 10.6 Å². The maximum atomic E-state index is 12.2. The van der Waals surface area contributed by atoms with Crippen molar-refractivity contribution in [2.45, 2.75) is 25.7 Å². The van der Waals surface area contributed by atoms with E-state index in [2.05, 4.69) is 6.07 Å². The Bertz CT molecular complexity index is 490. The second-order valence-electron chi connectivity index (χ2n) is 4.57. The molecule has 1 aromatic rings. The van der Waals surface area contributed by atoms with Crippen LogP contribution in [0.5, 0.6) is 0 Å². The minimum atomic E-state index is 0.0699. The van der Waals surface area contributed by atoms with E-state index in [1.807, 2.05) is 17.0 Å². The molecular formula is C14H17N3O. The molecule has 2 N–H and O–H groups in total. The zero-order valence-electron chi connectivity index (χ0n) is 10.4. The maximum absolute atomic E-state index is 12.2. The lowest BCUT2D eigenvalue weighted by Gasteiger charge is -2.28. The number of hydrogen-bond acceptors (Lipinski definition) is 3. The summed E-state index contributed by atoms with van der Waals surface area (Å²) in [4.78, 5) is 14.1. The van der Waals surface area contributed by atoms with Crippen LogP contribution in [0.15, 0.2) is 18.2 Å². The molecule has 0 atom stereocenters. The minimum Gasteiger partial charge on any atom is -0.399 e. The van der Waals surface area contributed by atoms with E-state index >= 15 is 0 Å². The number of nitriles is 1. The molecule has 18 heavy (non-hydrogen) atoms. The van der Waals surface area contributed by atoms with Crippen LogP contribution in [0.2, 0.25) is 0 Å². The summed E-state index contributed by atoms with van der Waals surface area (Å²) >= 11 is 0. The lowest BCUT2D eigenvalue weighted by molar-refractivity contribution is 0.0737. The topological polar surface area (TPSA) is 70.1 Å². The number of nitrogens with zero attached hydrogens (tertiary/aromatic N) is 2. The molecule has 0 aromatic heterocycles. The van der Waals surface area contributed by atoms with Crippen LogP contribution in [0.4, 0.5) is 5.69 Å². The molecule has 0 spiro atoms. The van der Waals surface area contributed by atoms with Crippen LogP contribution in [0.1, 0.15) is 35.2 Å². The van der Waals surface area contributed by atoms with Gasteiger partial charge in [0.25, 0.3) is 5.91 Å². The van der Waals surface area contributed by atoms with E-state index in [0.717, 1.165) is 43.5 Å². The Balaban J connectivity index is 2.02. The number of anilines is 1. The first-order valence-electron chi connectivity index (χ1n) is 6.27. The number of carbonyl (C=O) groups excluding carboxylic acids is 1. The highest BCUT2D eigenvalue weighted by Gasteiger charge is 2.23. The van der Waals surface area contributed by atoms with Gasteiger partial charge in [-0.15, -0.1) is 0 Å². The maximum Gasteiger partial charge on any atom is 0.254 e. The lowest BCUT2D eigenvalue weighted by atomic mass is 9.98. The van der Waals surface area contributed by atoms with Gasteiger partial charge in [-0.1, -0.05) is 6.07 Å². The number of hydrogen-bond donors (Lipinski definition) is 1.